The minimum absolute atomic E-state index is 0.113. The van der Waals surface area contributed by atoms with Gasteiger partial charge in [0.2, 0.25) is 0 Å². The molecule has 3 aliphatic heterocycles. The fourth-order valence-electron chi connectivity index (χ4n) is 5.52. The minimum atomic E-state index is 0.113. The topological polar surface area (TPSA) is 64.2 Å². The Balaban J connectivity index is 1.39. The van der Waals surface area contributed by atoms with Crippen molar-refractivity contribution in [3.05, 3.63) is 76.9 Å². The van der Waals surface area contributed by atoms with E-state index in [4.69, 9.17) is 18.9 Å². The molecule has 182 valence electrons. The lowest BCUT2D eigenvalue weighted by Gasteiger charge is -2.40. The molecule has 2 N–H and O–H groups in total. The van der Waals surface area contributed by atoms with Crippen LogP contribution in [0, 0.1) is 12.8 Å². The van der Waals surface area contributed by atoms with Crippen LogP contribution in [0.15, 0.2) is 54.6 Å². The Kier molecular flexibility index (Phi) is 5.66. The van der Waals surface area contributed by atoms with Gasteiger partial charge in [0, 0.05) is 30.8 Å². The Morgan fingerprint density at radius 3 is 2.31 bits per heavy atom. The molecule has 3 aromatic rings. The number of hydrogen-bond donors (Lipinski definition) is 2. The third kappa shape index (κ3) is 3.94. The molecule has 7 nitrogen and oxygen atoms in total. The Bertz CT molecular complexity index is 1230. The van der Waals surface area contributed by atoms with Crippen molar-refractivity contribution in [3.63, 3.8) is 0 Å². The molecule has 0 aliphatic carbocycles. The Morgan fingerprint density at radius 1 is 0.857 bits per heavy atom. The van der Waals surface area contributed by atoms with Crippen LogP contribution in [0.3, 0.4) is 0 Å². The van der Waals surface area contributed by atoms with Crippen LogP contribution in [0.2, 0.25) is 0 Å². The maximum Gasteiger partial charge on any atom is 0.163 e. The van der Waals surface area contributed by atoms with Crippen molar-refractivity contribution in [1.29, 1.82) is 0 Å². The van der Waals surface area contributed by atoms with Crippen LogP contribution in [0.4, 0.5) is 5.69 Å². The Morgan fingerprint density at radius 2 is 1.57 bits per heavy atom. The van der Waals surface area contributed by atoms with Crippen LogP contribution in [-0.4, -0.2) is 34.0 Å². The van der Waals surface area contributed by atoms with E-state index in [2.05, 4.69) is 71.2 Å². The molecule has 3 aliphatic rings. The van der Waals surface area contributed by atoms with E-state index in [1.54, 1.807) is 14.2 Å². The number of hydrogen-bond acceptors (Lipinski definition) is 7. The fraction of sp³-hybridized carbons (Fsp3) is 0.357. The molecule has 3 unspecified atom stereocenters. The highest BCUT2D eigenvalue weighted by atomic mass is 16.6. The van der Waals surface area contributed by atoms with Gasteiger partial charge >= 0.3 is 0 Å². The van der Waals surface area contributed by atoms with Gasteiger partial charge in [-0.2, -0.15) is 0 Å². The number of benzene rings is 3. The number of anilines is 1. The Hall–Kier alpha value is -3.42. The highest BCUT2D eigenvalue weighted by molar-refractivity contribution is 5.66. The number of hydrazine groups is 1. The van der Waals surface area contributed by atoms with Crippen molar-refractivity contribution < 1.29 is 18.9 Å². The van der Waals surface area contributed by atoms with Gasteiger partial charge in [-0.3, -0.25) is 0 Å². The molecule has 0 bridgehead atoms. The zero-order valence-electron chi connectivity index (χ0n) is 20.3. The summed E-state index contributed by atoms with van der Waals surface area (Å²) in [6, 6.07) is 19.5. The lowest BCUT2D eigenvalue weighted by molar-refractivity contribution is 0.171. The second-order valence-electron chi connectivity index (χ2n) is 9.44. The van der Waals surface area contributed by atoms with Gasteiger partial charge in [0.05, 0.1) is 26.3 Å². The number of ether oxygens (including phenoxy) is 4. The summed E-state index contributed by atoms with van der Waals surface area (Å²) < 4.78 is 22.9. The highest BCUT2D eigenvalue weighted by Crippen LogP contribution is 2.50. The first kappa shape index (κ1) is 22.1. The molecule has 1 fully saturated rings. The van der Waals surface area contributed by atoms with E-state index in [9.17, 15) is 0 Å². The maximum absolute atomic E-state index is 5.95. The summed E-state index contributed by atoms with van der Waals surface area (Å²) in [5.41, 5.74) is 13.3. The van der Waals surface area contributed by atoms with Gasteiger partial charge in [-0.25, -0.2) is 10.9 Å². The molecule has 3 atom stereocenters. The molecule has 3 heterocycles. The first-order chi connectivity index (χ1) is 17.1. The van der Waals surface area contributed by atoms with Crippen LogP contribution < -0.4 is 34.7 Å². The summed E-state index contributed by atoms with van der Waals surface area (Å²) in [4.78, 5) is 2.47. The number of nitrogens with one attached hydrogen (secondary N) is 2. The van der Waals surface area contributed by atoms with Crippen molar-refractivity contribution >= 4 is 5.69 Å². The van der Waals surface area contributed by atoms with E-state index in [-0.39, 0.29) is 12.1 Å². The smallest absolute Gasteiger partial charge is 0.163 e. The van der Waals surface area contributed by atoms with Crippen molar-refractivity contribution in [1.82, 2.24) is 10.9 Å². The molecule has 0 amide bonds. The lowest BCUT2D eigenvalue weighted by Crippen LogP contribution is -2.39. The van der Waals surface area contributed by atoms with Crippen molar-refractivity contribution in [2.75, 3.05) is 38.9 Å². The van der Waals surface area contributed by atoms with Crippen LogP contribution in [0.25, 0.3) is 0 Å². The number of aryl methyl sites for hydroxylation is 1. The molecular weight excluding hydrogens is 442 g/mol. The van der Waals surface area contributed by atoms with Crippen molar-refractivity contribution in [2.45, 2.75) is 25.6 Å². The molecule has 0 radical (unpaired) electrons. The van der Waals surface area contributed by atoms with Gasteiger partial charge in [0.25, 0.3) is 0 Å². The monoisotopic (exact) mass is 473 g/mol. The third-order valence-electron chi connectivity index (χ3n) is 7.31. The van der Waals surface area contributed by atoms with E-state index >= 15 is 0 Å². The average molecular weight is 474 g/mol. The summed E-state index contributed by atoms with van der Waals surface area (Å²) in [6.07, 6.45) is 0. The van der Waals surface area contributed by atoms with E-state index in [0.717, 1.165) is 36.1 Å². The first-order valence-electron chi connectivity index (χ1n) is 12.1. The lowest BCUT2D eigenvalue weighted by atomic mass is 9.81. The summed E-state index contributed by atoms with van der Waals surface area (Å²) in [5, 5.41) is 0. The SMILES string of the molecule is COc1ccc(C2NNC3c4cc5c(cc4N(Cc4ccc(C)cc4)CC23)OCCO5)cc1OC. The van der Waals surface area contributed by atoms with Gasteiger partial charge in [-0.1, -0.05) is 35.9 Å². The summed E-state index contributed by atoms with van der Waals surface area (Å²) in [7, 11) is 3.34. The number of fused-ring (bicyclic) bond motifs is 4. The van der Waals surface area contributed by atoms with E-state index in [1.807, 2.05) is 6.07 Å². The fourth-order valence-corrected chi connectivity index (χ4v) is 5.52. The van der Waals surface area contributed by atoms with Gasteiger partial charge in [0.1, 0.15) is 13.2 Å². The van der Waals surface area contributed by atoms with Crippen LogP contribution in [0.5, 0.6) is 23.0 Å². The molecule has 0 aromatic heterocycles. The third-order valence-corrected chi connectivity index (χ3v) is 7.31. The first-order valence-corrected chi connectivity index (χ1v) is 12.1. The summed E-state index contributed by atoms with van der Waals surface area (Å²) >= 11 is 0. The second-order valence-corrected chi connectivity index (χ2v) is 9.44. The zero-order chi connectivity index (χ0) is 23.9. The van der Waals surface area contributed by atoms with Crippen LogP contribution >= 0.6 is 0 Å². The van der Waals surface area contributed by atoms with Gasteiger partial charge in [-0.15, -0.1) is 0 Å². The van der Waals surface area contributed by atoms with E-state index in [0.29, 0.717) is 19.1 Å². The quantitative estimate of drug-likeness (QED) is 0.573. The highest BCUT2D eigenvalue weighted by Gasteiger charge is 2.44. The van der Waals surface area contributed by atoms with Gasteiger partial charge in [0.15, 0.2) is 23.0 Å². The van der Waals surface area contributed by atoms with E-state index < -0.39 is 0 Å². The standard InChI is InChI=1S/C28H31N3O4/c1-17-4-6-18(7-5-17)15-31-16-21-27(19-8-9-23(32-2)24(12-19)33-3)29-30-28(21)20-13-25-26(14-22(20)31)35-11-10-34-25/h4-9,12-14,21,27-30H,10-11,15-16H2,1-3H3. The van der Waals surface area contributed by atoms with Crippen LogP contribution in [0.1, 0.15) is 34.3 Å². The van der Waals surface area contributed by atoms with Gasteiger partial charge < -0.3 is 23.8 Å². The second kappa shape index (κ2) is 8.98. The molecule has 0 saturated carbocycles. The summed E-state index contributed by atoms with van der Waals surface area (Å²) in [6.45, 7) is 5.00. The molecule has 0 spiro atoms. The molecule has 3 aromatic carbocycles. The number of methoxy groups -OCH3 is 2. The largest absolute Gasteiger partial charge is 0.493 e. The van der Waals surface area contributed by atoms with Gasteiger partial charge in [-0.05, 0) is 41.8 Å². The molecular formula is C28H31N3O4. The minimum Gasteiger partial charge on any atom is -0.493 e. The maximum atomic E-state index is 5.95. The van der Waals surface area contributed by atoms with Crippen molar-refractivity contribution in [2.24, 2.45) is 5.92 Å². The molecule has 7 heteroatoms. The average Bonchev–Trinajstić information content (AvgIpc) is 3.32. The zero-order valence-corrected chi connectivity index (χ0v) is 20.3. The number of nitrogens with zero attached hydrogens (tertiary/aromatic N) is 1. The predicted octanol–water partition coefficient (Wildman–Crippen LogP) is 4.31. The Labute approximate surface area is 205 Å². The van der Waals surface area contributed by atoms with Crippen molar-refractivity contribution in [3.8, 4) is 23.0 Å². The van der Waals surface area contributed by atoms with E-state index in [1.165, 1.54) is 27.9 Å². The molecule has 6 rings (SSSR count). The normalized spacial score (nSPS) is 22.4. The van der Waals surface area contributed by atoms with Crippen LogP contribution in [-0.2, 0) is 6.54 Å². The number of rotatable bonds is 5. The predicted molar refractivity (Wildman–Crippen MR) is 134 cm³/mol. The molecule has 1 saturated heterocycles. The summed E-state index contributed by atoms with van der Waals surface area (Å²) in [5.74, 6) is 3.42. The molecule has 35 heavy (non-hydrogen) atoms.